The van der Waals surface area contributed by atoms with E-state index in [2.05, 4.69) is 34.6 Å². The third-order valence-electron chi connectivity index (χ3n) is 4.69. The van der Waals surface area contributed by atoms with Crippen LogP contribution in [-0.2, 0) is 17.9 Å². The van der Waals surface area contributed by atoms with Crippen molar-refractivity contribution < 1.29 is 14.7 Å². The normalized spacial score (nSPS) is 10.8. The van der Waals surface area contributed by atoms with Crippen LogP contribution in [0.5, 0.6) is 0 Å². The van der Waals surface area contributed by atoms with Gasteiger partial charge in [0.15, 0.2) is 0 Å². The van der Waals surface area contributed by atoms with Crippen LogP contribution in [0.1, 0.15) is 39.4 Å². The van der Waals surface area contributed by atoms with E-state index in [0.29, 0.717) is 17.9 Å². The van der Waals surface area contributed by atoms with Gasteiger partial charge in [0, 0.05) is 6.20 Å². The Labute approximate surface area is 162 Å². The number of nitrogens with one attached hydrogen (secondary N) is 1. The summed E-state index contributed by atoms with van der Waals surface area (Å²) in [6, 6.07) is 9.68. The number of hydrogen-bond acceptors (Lipinski definition) is 4. The zero-order valence-corrected chi connectivity index (χ0v) is 16.1. The van der Waals surface area contributed by atoms with Gasteiger partial charge in [-0.3, -0.25) is 19.0 Å². The van der Waals surface area contributed by atoms with Crippen LogP contribution in [0.4, 0.5) is 5.69 Å². The quantitative estimate of drug-likeness (QED) is 0.655. The molecular weight excluding hydrogens is 358 g/mol. The molecule has 1 amide bonds. The highest BCUT2D eigenvalue weighted by molar-refractivity contribution is 6.03. The van der Waals surface area contributed by atoms with Gasteiger partial charge in [-0.1, -0.05) is 24.3 Å². The molecule has 0 unspecified atom stereocenters. The van der Waals surface area contributed by atoms with Gasteiger partial charge in [0.2, 0.25) is 0 Å². The molecule has 0 saturated carbocycles. The highest BCUT2D eigenvalue weighted by Gasteiger charge is 2.18. The minimum atomic E-state index is -0.939. The van der Waals surface area contributed by atoms with Gasteiger partial charge in [-0.2, -0.15) is 10.2 Å². The van der Waals surface area contributed by atoms with E-state index in [9.17, 15) is 9.59 Å². The van der Waals surface area contributed by atoms with Crippen molar-refractivity contribution in [2.75, 3.05) is 5.32 Å². The first-order valence-corrected chi connectivity index (χ1v) is 9.00. The van der Waals surface area contributed by atoms with Crippen molar-refractivity contribution in [3.05, 3.63) is 64.7 Å². The molecule has 3 rings (SSSR count). The molecule has 146 valence electrons. The summed E-state index contributed by atoms with van der Waals surface area (Å²) in [5.74, 6) is -1.28. The molecule has 1 aromatic carbocycles. The molecule has 0 spiro atoms. The zero-order valence-electron chi connectivity index (χ0n) is 16.1. The van der Waals surface area contributed by atoms with E-state index < -0.39 is 5.97 Å². The van der Waals surface area contributed by atoms with Gasteiger partial charge in [-0.25, -0.2) is 0 Å². The van der Waals surface area contributed by atoms with Gasteiger partial charge < -0.3 is 10.4 Å². The van der Waals surface area contributed by atoms with Gasteiger partial charge >= 0.3 is 5.97 Å². The molecule has 0 radical (unpaired) electrons. The average Bonchev–Trinajstić information content (AvgIpc) is 3.22. The molecule has 2 heterocycles. The van der Waals surface area contributed by atoms with E-state index in [4.69, 9.17) is 5.11 Å². The molecule has 0 aliphatic heterocycles. The van der Waals surface area contributed by atoms with Gasteiger partial charge in [0.05, 0.1) is 36.6 Å². The van der Waals surface area contributed by atoms with E-state index in [1.807, 2.05) is 30.7 Å². The number of carbonyl (C=O) groups excluding carboxylic acids is 1. The second-order valence-electron chi connectivity index (χ2n) is 6.67. The van der Waals surface area contributed by atoms with Crippen LogP contribution in [-0.4, -0.2) is 36.5 Å². The SMILES string of the molecule is Cc1ccccc1Cn1nc(C)c(NC(=O)c2ccnn2CCC(=O)O)c1C. The number of aliphatic carboxylic acids is 1. The minimum Gasteiger partial charge on any atom is -0.481 e. The van der Waals surface area contributed by atoms with E-state index in [-0.39, 0.29) is 18.9 Å². The van der Waals surface area contributed by atoms with Crippen molar-refractivity contribution in [3.63, 3.8) is 0 Å². The second kappa shape index (κ2) is 8.08. The molecule has 3 aromatic rings. The highest BCUT2D eigenvalue weighted by atomic mass is 16.4. The first-order chi connectivity index (χ1) is 13.4. The molecule has 8 heteroatoms. The van der Waals surface area contributed by atoms with Crippen LogP contribution in [0, 0.1) is 20.8 Å². The summed E-state index contributed by atoms with van der Waals surface area (Å²) in [6.07, 6.45) is 1.38. The van der Waals surface area contributed by atoms with Crippen LogP contribution in [0.2, 0.25) is 0 Å². The lowest BCUT2D eigenvalue weighted by molar-refractivity contribution is -0.137. The Morgan fingerprint density at radius 1 is 1.11 bits per heavy atom. The lowest BCUT2D eigenvalue weighted by Gasteiger charge is -2.10. The van der Waals surface area contributed by atoms with Gasteiger partial charge in [0.1, 0.15) is 5.69 Å². The third kappa shape index (κ3) is 4.11. The summed E-state index contributed by atoms with van der Waals surface area (Å²) in [5, 5.41) is 20.3. The van der Waals surface area contributed by atoms with E-state index in [1.165, 1.54) is 16.4 Å². The fourth-order valence-electron chi connectivity index (χ4n) is 3.06. The van der Waals surface area contributed by atoms with Crippen LogP contribution in [0.3, 0.4) is 0 Å². The summed E-state index contributed by atoms with van der Waals surface area (Å²) in [7, 11) is 0. The number of rotatable bonds is 7. The van der Waals surface area contributed by atoms with Crippen LogP contribution >= 0.6 is 0 Å². The van der Waals surface area contributed by atoms with Crippen molar-refractivity contribution in [3.8, 4) is 0 Å². The summed E-state index contributed by atoms with van der Waals surface area (Å²) in [5.41, 5.74) is 4.89. The first kappa shape index (κ1) is 19.3. The zero-order chi connectivity index (χ0) is 20.3. The maximum atomic E-state index is 12.7. The Morgan fingerprint density at radius 2 is 1.86 bits per heavy atom. The molecular formula is C20H23N5O3. The van der Waals surface area contributed by atoms with Crippen molar-refractivity contribution in [2.45, 2.75) is 40.3 Å². The fraction of sp³-hybridized carbons (Fsp3) is 0.300. The van der Waals surface area contributed by atoms with E-state index in [0.717, 1.165) is 17.0 Å². The van der Waals surface area contributed by atoms with Gasteiger partial charge in [-0.05, 0) is 38.0 Å². The van der Waals surface area contributed by atoms with Crippen molar-refractivity contribution in [1.29, 1.82) is 0 Å². The standard InChI is InChI=1S/C20H23N5O3/c1-13-6-4-5-7-16(13)12-25-15(3)19(14(2)23-25)22-20(28)17-8-10-21-24(17)11-9-18(26)27/h4-8,10H,9,11-12H2,1-3H3,(H,22,28)(H,26,27). The largest absolute Gasteiger partial charge is 0.481 e. The molecule has 28 heavy (non-hydrogen) atoms. The Balaban J connectivity index is 1.79. The van der Waals surface area contributed by atoms with Gasteiger partial charge in [0.25, 0.3) is 5.91 Å². The number of nitrogens with zero attached hydrogens (tertiary/aromatic N) is 4. The predicted molar refractivity (Wildman–Crippen MR) is 104 cm³/mol. The maximum absolute atomic E-state index is 12.7. The van der Waals surface area contributed by atoms with Gasteiger partial charge in [-0.15, -0.1) is 0 Å². The molecule has 0 atom stereocenters. The molecule has 0 aliphatic rings. The molecule has 0 fully saturated rings. The van der Waals surface area contributed by atoms with Crippen LogP contribution in [0.15, 0.2) is 36.5 Å². The predicted octanol–water partition coefficient (Wildman–Crippen LogP) is 2.78. The molecule has 0 aliphatic carbocycles. The lowest BCUT2D eigenvalue weighted by atomic mass is 10.1. The minimum absolute atomic E-state index is 0.103. The number of carbonyl (C=O) groups is 2. The van der Waals surface area contributed by atoms with Crippen molar-refractivity contribution in [1.82, 2.24) is 19.6 Å². The fourth-order valence-corrected chi connectivity index (χ4v) is 3.06. The van der Waals surface area contributed by atoms with E-state index in [1.54, 1.807) is 6.07 Å². The molecule has 8 nitrogen and oxygen atoms in total. The average molecular weight is 381 g/mol. The summed E-state index contributed by atoms with van der Waals surface area (Å²) < 4.78 is 3.26. The summed E-state index contributed by atoms with van der Waals surface area (Å²) >= 11 is 0. The third-order valence-corrected chi connectivity index (χ3v) is 4.69. The maximum Gasteiger partial charge on any atom is 0.305 e. The number of carboxylic acid groups (broad SMARTS) is 1. The van der Waals surface area contributed by atoms with Crippen LogP contribution < -0.4 is 5.32 Å². The molecule has 0 bridgehead atoms. The molecule has 2 N–H and O–H groups in total. The van der Waals surface area contributed by atoms with Crippen LogP contribution in [0.25, 0.3) is 0 Å². The Morgan fingerprint density at radius 3 is 2.57 bits per heavy atom. The summed E-state index contributed by atoms with van der Waals surface area (Å²) in [6.45, 7) is 6.57. The van der Waals surface area contributed by atoms with E-state index >= 15 is 0 Å². The Kier molecular flexibility index (Phi) is 5.58. The number of aromatic nitrogens is 4. The monoisotopic (exact) mass is 381 g/mol. The Hall–Kier alpha value is -3.42. The van der Waals surface area contributed by atoms with Crippen molar-refractivity contribution in [2.24, 2.45) is 0 Å². The first-order valence-electron chi connectivity index (χ1n) is 9.00. The topological polar surface area (TPSA) is 102 Å². The lowest BCUT2D eigenvalue weighted by Crippen LogP contribution is -2.19. The second-order valence-corrected chi connectivity index (χ2v) is 6.67. The number of hydrogen-bond donors (Lipinski definition) is 2. The number of carboxylic acids is 1. The number of benzene rings is 1. The van der Waals surface area contributed by atoms with Crippen molar-refractivity contribution >= 4 is 17.6 Å². The molecule has 0 saturated heterocycles. The number of anilines is 1. The molecule has 2 aromatic heterocycles. The number of aryl methyl sites for hydroxylation is 3. The highest BCUT2D eigenvalue weighted by Crippen LogP contribution is 2.22. The Bertz CT molecular complexity index is 1020. The number of amides is 1. The smallest absolute Gasteiger partial charge is 0.305 e. The summed E-state index contributed by atoms with van der Waals surface area (Å²) in [4.78, 5) is 23.5.